The summed E-state index contributed by atoms with van der Waals surface area (Å²) in [5, 5.41) is 7.09. The maximum atomic E-state index is 4.86. The lowest BCUT2D eigenvalue weighted by Crippen LogP contribution is -2.17. The zero-order valence-corrected chi connectivity index (χ0v) is 23.4. The van der Waals surface area contributed by atoms with Gasteiger partial charge in [-0.2, -0.15) is 0 Å². The number of nitrogens with one attached hydrogen (secondary N) is 2. The third-order valence-electron chi connectivity index (χ3n) is 6.42. The van der Waals surface area contributed by atoms with Crippen LogP contribution in [0, 0.1) is 0 Å². The van der Waals surface area contributed by atoms with Gasteiger partial charge in [0.25, 0.3) is 0 Å². The summed E-state index contributed by atoms with van der Waals surface area (Å²) in [7, 11) is 0. The number of allylic oxidation sites excluding steroid dienone is 4. The summed E-state index contributed by atoms with van der Waals surface area (Å²) < 4.78 is 0. The predicted octanol–water partition coefficient (Wildman–Crippen LogP) is 5.97. The van der Waals surface area contributed by atoms with Crippen molar-refractivity contribution in [3.63, 3.8) is 0 Å². The van der Waals surface area contributed by atoms with Crippen LogP contribution in [0.3, 0.4) is 0 Å². The normalized spacial score (nSPS) is 18.3. The molecule has 0 aromatic heterocycles. The van der Waals surface area contributed by atoms with Crippen molar-refractivity contribution in [3.8, 4) is 0 Å². The van der Waals surface area contributed by atoms with E-state index in [0.717, 1.165) is 86.1 Å². The van der Waals surface area contributed by atoms with Gasteiger partial charge >= 0.3 is 0 Å². The third kappa shape index (κ3) is 9.92. The Labute approximate surface area is 228 Å². The van der Waals surface area contributed by atoms with E-state index in [1.807, 2.05) is 24.6 Å². The van der Waals surface area contributed by atoms with Gasteiger partial charge in [-0.1, -0.05) is 60.7 Å². The zero-order chi connectivity index (χ0) is 27.0. The molecular formula is C32H42N6. The molecule has 0 aliphatic carbocycles. The zero-order valence-electron chi connectivity index (χ0n) is 23.4. The van der Waals surface area contributed by atoms with Gasteiger partial charge in [-0.25, -0.2) is 0 Å². The second-order valence-electron chi connectivity index (χ2n) is 9.47. The Kier molecular flexibility index (Phi) is 12.2. The quantitative estimate of drug-likeness (QED) is 0.502. The Hall–Kier alpha value is -3.80. The molecule has 0 bridgehead atoms. The first-order valence-electron chi connectivity index (χ1n) is 13.5. The smallest absolute Gasteiger partial charge is 0.0422 e. The highest BCUT2D eigenvalue weighted by atomic mass is 14.9. The van der Waals surface area contributed by atoms with Gasteiger partial charge in [-0.3, -0.25) is 20.0 Å². The van der Waals surface area contributed by atoms with Gasteiger partial charge in [-0.15, -0.1) is 0 Å². The monoisotopic (exact) mass is 510 g/mol. The van der Waals surface area contributed by atoms with Gasteiger partial charge < -0.3 is 10.6 Å². The van der Waals surface area contributed by atoms with Crippen LogP contribution in [0.4, 0.5) is 0 Å². The lowest BCUT2D eigenvalue weighted by molar-refractivity contribution is 0.806. The SMILES string of the molecule is CC1=NCCCN=C(C)/C(=C(\C)NCc2ccccc2)C=NCCCN=C/C1=C(/C)NCc1ccccc1. The van der Waals surface area contributed by atoms with Crippen molar-refractivity contribution in [1.29, 1.82) is 0 Å². The summed E-state index contributed by atoms with van der Waals surface area (Å²) in [6.07, 6.45) is 5.70. The van der Waals surface area contributed by atoms with Gasteiger partial charge in [0.2, 0.25) is 0 Å². The first-order valence-corrected chi connectivity index (χ1v) is 13.5. The average molecular weight is 511 g/mol. The molecule has 6 heteroatoms. The third-order valence-corrected chi connectivity index (χ3v) is 6.42. The Morgan fingerprint density at radius 2 is 1.00 bits per heavy atom. The minimum absolute atomic E-state index is 0.720. The van der Waals surface area contributed by atoms with E-state index in [1.54, 1.807) is 0 Å². The standard InChI is InChI=1S/C32H42N6/c1-25-31(27(3)37-21-29-13-7-5-8-14-29)23-33-17-11-18-34-24-32(26(2)36-20-12-19-35-25)28(4)38-22-30-15-9-6-10-16-30/h5-10,13-16,23-24,37-38H,11-12,17-22H2,1-4H3/b31-27+,32-28+,33-23?,34-24?,35-25?,36-26?. The molecule has 0 spiro atoms. The van der Waals surface area contributed by atoms with Crippen LogP contribution in [0.15, 0.2) is 103 Å². The molecule has 0 unspecified atom stereocenters. The fourth-order valence-electron chi connectivity index (χ4n) is 4.07. The van der Waals surface area contributed by atoms with Crippen molar-refractivity contribution >= 4 is 23.9 Å². The van der Waals surface area contributed by atoms with Crippen molar-refractivity contribution in [1.82, 2.24) is 10.6 Å². The Morgan fingerprint density at radius 3 is 1.42 bits per heavy atom. The molecule has 1 aliphatic heterocycles. The van der Waals surface area contributed by atoms with E-state index in [9.17, 15) is 0 Å². The molecule has 1 heterocycles. The maximum absolute atomic E-state index is 4.86. The second-order valence-corrected chi connectivity index (χ2v) is 9.47. The number of hydrogen-bond acceptors (Lipinski definition) is 6. The highest BCUT2D eigenvalue weighted by Gasteiger charge is 2.07. The van der Waals surface area contributed by atoms with Crippen molar-refractivity contribution in [3.05, 3.63) is 94.3 Å². The molecule has 0 radical (unpaired) electrons. The van der Waals surface area contributed by atoms with Gasteiger partial charge in [0.05, 0.1) is 0 Å². The lowest BCUT2D eigenvalue weighted by Gasteiger charge is -2.13. The number of rotatable bonds is 6. The molecule has 0 atom stereocenters. The summed E-state index contributed by atoms with van der Waals surface area (Å²) in [6.45, 7) is 12.8. The largest absolute Gasteiger partial charge is 0.384 e. The van der Waals surface area contributed by atoms with Gasteiger partial charge in [-0.05, 0) is 51.7 Å². The number of aliphatic imine (C=N–C) groups is 4. The second kappa shape index (κ2) is 16.1. The van der Waals surface area contributed by atoms with E-state index in [-0.39, 0.29) is 0 Å². The average Bonchev–Trinajstić information content (AvgIpc) is 2.94. The molecule has 0 saturated carbocycles. The fraction of sp³-hybridized carbons (Fsp3) is 0.375. The maximum Gasteiger partial charge on any atom is 0.0422 e. The summed E-state index contributed by atoms with van der Waals surface area (Å²) >= 11 is 0. The first-order chi connectivity index (χ1) is 18.5. The van der Waals surface area contributed by atoms with E-state index >= 15 is 0 Å². The summed E-state index contributed by atoms with van der Waals surface area (Å²) in [5.41, 5.74) is 8.77. The molecule has 0 fully saturated rings. The lowest BCUT2D eigenvalue weighted by atomic mass is 10.1. The molecule has 0 amide bonds. The first kappa shape index (κ1) is 28.8. The number of hydrogen-bond donors (Lipinski definition) is 2. The molecule has 2 N–H and O–H groups in total. The van der Waals surface area contributed by atoms with Crippen LogP contribution in [0.1, 0.15) is 51.7 Å². The van der Waals surface area contributed by atoms with E-state index in [0.29, 0.717) is 0 Å². The molecule has 3 rings (SSSR count). The topological polar surface area (TPSA) is 73.5 Å². The minimum atomic E-state index is 0.720. The van der Waals surface area contributed by atoms with Crippen LogP contribution in [0.2, 0.25) is 0 Å². The van der Waals surface area contributed by atoms with Crippen LogP contribution in [0.25, 0.3) is 0 Å². The van der Waals surface area contributed by atoms with Crippen molar-refractivity contribution in [2.24, 2.45) is 20.0 Å². The highest BCUT2D eigenvalue weighted by Crippen LogP contribution is 2.08. The van der Waals surface area contributed by atoms with Crippen molar-refractivity contribution in [2.45, 2.75) is 53.6 Å². The van der Waals surface area contributed by atoms with Crippen molar-refractivity contribution < 1.29 is 0 Å². The molecule has 6 nitrogen and oxygen atoms in total. The van der Waals surface area contributed by atoms with Gasteiger partial charge in [0, 0.05) is 85.7 Å². The molecular weight excluding hydrogens is 468 g/mol. The van der Waals surface area contributed by atoms with E-state index < -0.39 is 0 Å². The molecule has 1 aliphatic rings. The van der Waals surface area contributed by atoms with Crippen LogP contribution in [0.5, 0.6) is 0 Å². The molecule has 2 aromatic carbocycles. The van der Waals surface area contributed by atoms with E-state index in [4.69, 9.17) is 20.0 Å². The Morgan fingerprint density at radius 1 is 0.605 bits per heavy atom. The number of nitrogens with zero attached hydrogens (tertiary/aromatic N) is 4. The number of benzene rings is 2. The Balaban J connectivity index is 1.70. The summed E-state index contributed by atoms with van der Waals surface area (Å²) in [6, 6.07) is 20.8. The van der Waals surface area contributed by atoms with Crippen LogP contribution in [-0.4, -0.2) is 50.0 Å². The predicted molar refractivity (Wildman–Crippen MR) is 164 cm³/mol. The molecule has 2 aromatic rings. The van der Waals surface area contributed by atoms with Gasteiger partial charge in [0.1, 0.15) is 0 Å². The highest BCUT2D eigenvalue weighted by molar-refractivity contribution is 6.16. The van der Waals surface area contributed by atoms with E-state index in [1.165, 1.54) is 11.1 Å². The fourth-order valence-corrected chi connectivity index (χ4v) is 4.07. The summed E-state index contributed by atoms with van der Waals surface area (Å²) in [4.78, 5) is 19.2. The molecule has 200 valence electrons. The van der Waals surface area contributed by atoms with Gasteiger partial charge in [0.15, 0.2) is 0 Å². The van der Waals surface area contributed by atoms with Crippen LogP contribution >= 0.6 is 0 Å². The molecule has 38 heavy (non-hydrogen) atoms. The van der Waals surface area contributed by atoms with Crippen LogP contribution in [-0.2, 0) is 13.1 Å². The van der Waals surface area contributed by atoms with Crippen molar-refractivity contribution in [2.75, 3.05) is 26.2 Å². The van der Waals surface area contributed by atoms with E-state index in [2.05, 4.69) is 86.9 Å². The summed E-state index contributed by atoms with van der Waals surface area (Å²) in [5.74, 6) is 0. The Bertz CT molecular complexity index is 1090. The molecule has 0 saturated heterocycles. The van der Waals surface area contributed by atoms with Crippen LogP contribution < -0.4 is 10.6 Å². The minimum Gasteiger partial charge on any atom is -0.384 e.